The van der Waals surface area contributed by atoms with Crippen LogP contribution >= 0.6 is 0 Å². The van der Waals surface area contributed by atoms with E-state index in [1.165, 1.54) is 11.8 Å². The van der Waals surface area contributed by atoms with Gasteiger partial charge in [0.25, 0.3) is 0 Å². The van der Waals surface area contributed by atoms with Crippen LogP contribution in [0.5, 0.6) is 0 Å². The van der Waals surface area contributed by atoms with E-state index >= 15 is 0 Å². The highest BCUT2D eigenvalue weighted by molar-refractivity contribution is 5.66. The molecule has 1 unspecified atom stereocenters. The third kappa shape index (κ3) is 2.38. The van der Waals surface area contributed by atoms with Gasteiger partial charge in [0, 0.05) is 0 Å². The van der Waals surface area contributed by atoms with Crippen molar-refractivity contribution in [3.63, 3.8) is 0 Å². The van der Waals surface area contributed by atoms with Gasteiger partial charge < -0.3 is 5.11 Å². The second kappa shape index (κ2) is 4.85. The summed E-state index contributed by atoms with van der Waals surface area (Å²) in [6.45, 7) is 6.32. The maximum atomic E-state index is 9.19. The Balaban J connectivity index is 2.96. The molecule has 1 aromatic rings. The summed E-state index contributed by atoms with van der Waals surface area (Å²) in [5.41, 5.74) is 3.38. The molecule has 0 saturated heterocycles. The predicted molar refractivity (Wildman–Crippen MR) is 61.2 cm³/mol. The Bertz CT molecular complexity index is 309. The zero-order valence-electron chi connectivity index (χ0n) is 9.12. The molecule has 0 aliphatic carbocycles. The molecule has 0 radical (unpaired) electrons. The van der Waals surface area contributed by atoms with E-state index in [1.807, 2.05) is 0 Å². The van der Waals surface area contributed by atoms with E-state index < -0.39 is 0 Å². The van der Waals surface area contributed by atoms with Gasteiger partial charge >= 0.3 is 0 Å². The minimum atomic E-state index is 0.405. The fraction of sp³-hybridized carbons (Fsp3) is 0.385. The van der Waals surface area contributed by atoms with Crippen LogP contribution < -0.4 is 0 Å². The van der Waals surface area contributed by atoms with Crippen molar-refractivity contribution in [2.24, 2.45) is 5.92 Å². The average Bonchev–Trinajstić information content (AvgIpc) is 2.21. The quantitative estimate of drug-likeness (QED) is 0.716. The molecule has 1 atom stereocenters. The molecule has 1 heteroatoms. The van der Waals surface area contributed by atoms with Crippen LogP contribution in [-0.4, -0.2) is 5.11 Å². The molecular formula is C13H18O. The number of hydrogen-bond donors (Lipinski definition) is 1. The smallest absolute Gasteiger partial charge is 0.0832 e. The molecule has 0 fully saturated rings. The summed E-state index contributed by atoms with van der Waals surface area (Å²) in [5.74, 6) is 0.405. The Kier molecular flexibility index (Phi) is 3.75. The number of rotatable bonds is 3. The van der Waals surface area contributed by atoms with Crippen LogP contribution in [0.2, 0.25) is 0 Å². The van der Waals surface area contributed by atoms with Gasteiger partial charge in [0.2, 0.25) is 0 Å². The highest BCUT2D eigenvalue weighted by Crippen LogP contribution is 2.25. The van der Waals surface area contributed by atoms with Crippen molar-refractivity contribution in [3.05, 3.63) is 41.7 Å². The number of aryl methyl sites for hydroxylation is 1. The van der Waals surface area contributed by atoms with Crippen molar-refractivity contribution in [2.45, 2.75) is 27.2 Å². The topological polar surface area (TPSA) is 20.2 Å². The van der Waals surface area contributed by atoms with Gasteiger partial charge in [0.1, 0.15) is 0 Å². The molecule has 0 saturated carbocycles. The highest BCUT2D eigenvalue weighted by atomic mass is 16.2. The predicted octanol–water partition coefficient (Wildman–Crippen LogP) is 3.94. The maximum Gasteiger partial charge on any atom is 0.0832 e. The molecule has 1 N–H and O–H groups in total. The van der Waals surface area contributed by atoms with Crippen LogP contribution in [0.15, 0.2) is 30.5 Å². The van der Waals surface area contributed by atoms with Crippen LogP contribution in [0, 0.1) is 12.8 Å². The molecular weight excluding hydrogens is 172 g/mol. The Morgan fingerprint density at radius 1 is 1.36 bits per heavy atom. The van der Waals surface area contributed by atoms with Crippen LogP contribution in [0.3, 0.4) is 0 Å². The Hall–Kier alpha value is -1.24. The molecule has 0 aliphatic rings. The van der Waals surface area contributed by atoms with Crippen LogP contribution in [0.1, 0.15) is 31.4 Å². The Morgan fingerprint density at radius 3 is 2.36 bits per heavy atom. The zero-order valence-corrected chi connectivity index (χ0v) is 9.12. The lowest BCUT2D eigenvalue weighted by Gasteiger charge is -2.13. The molecule has 1 nitrogen and oxygen atoms in total. The van der Waals surface area contributed by atoms with E-state index in [2.05, 4.69) is 45.0 Å². The normalized spacial score (nSPS) is 14.1. The van der Waals surface area contributed by atoms with Crippen molar-refractivity contribution >= 4 is 5.57 Å². The van der Waals surface area contributed by atoms with E-state index in [4.69, 9.17) is 0 Å². The van der Waals surface area contributed by atoms with E-state index in [-0.39, 0.29) is 0 Å². The highest BCUT2D eigenvalue weighted by Gasteiger charge is 2.08. The number of aliphatic hydroxyl groups is 1. The molecule has 1 rings (SSSR count). The summed E-state index contributed by atoms with van der Waals surface area (Å²) in [6.07, 6.45) is 2.28. The number of hydrogen-bond acceptors (Lipinski definition) is 1. The van der Waals surface area contributed by atoms with E-state index in [0.29, 0.717) is 5.92 Å². The molecule has 0 amide bonds. The minimum absolute atomic E-state index is 0.405. The first-order valence-electron chi connectivity index (χ1n) is 5.10. The van der Waals surface area contributed by atoms with E-state index in [1.54, 1.807) is 0 Å². The SMILES string of the molecule is CCC(C)/C(=C/O)c1ccc(C)cc1. The van der Waals surface area contributed by atoms with Crippen molar-refractivity contribution < 1.29 is 5.11 Å². The molecule has 0 aromatic heterocycles. The Labute approximate surface area is 86.1 Å². The van der Waals surface area contributed by atoms with Gasteiger partial charge in [-0.3, -0.25) is 0 Å². The standard InChI is InChI=1S/C13H18O/c1-4-11(3)13(9-14)12-7-5-10(2)6-8-12/h5-9,11,14H,4H2,1-3H3/b13-9-. The molecule has 0 heterocycles. The van der Waals surface area contributed by atoms with Gasteiger partial charge in [0.05, 0.1) is 6.26 Å². The van der Waals surface area contributed by atoms with Crippen molar-refractivity contribution in [2.75, 3.05) is 0 Å². The van der Waals surface area contributed by atoms with Gasteiger partial charge in [-0.15, -0.1) is 0 Å². The number of allylic oxidation sites excluding steroid dienone is 1. The summed E-state index contributed by atoms with van der Waals surface area (Å²) in [5, 5.41) is 9.19. The van der Waals surface area contributed by atoms with E-state index in [9.17, 15) is 5.11 Å². The summed E-state index contributed by atoms with van der Waals surface area (Å²) in [7, 11) is 0. The van der Waals surface area contributed by atoms with Gasteiger partial charge in [-0.1, -0.05) is 43.7 Å². The first kappa shape index (κ1) is 10.8. The summed E-state index contributed by atoms with van der Waals surface area (Å²) in [4.78, 5) is 0. The number of benzene rings is 1. The van der Waals surface area contributed by atoms with Gasteiger partial charge in [-0.25, -0.2) is 0 Å². The molecule has 0 aliphatic heterocycles. The van der Waals surface area contributed by atoms with Crippen molar-refractivity contribution in [1.82, 2.24) is 0 Å². The summed E-state index contributed by atoms with van der Waals surface area (Å²) < 4.78 is 0. The molecule has 14 heavy (non-hydrogen) atoms. The molecule has 1 aromatic carbocycles. The lowest BCUT2D eigenvalue weighted by Crippen LogP contribution is -1.97. The van der Waals surface area contributed by atoms with Crippen LogP contribution in [0.4, 0.5) is 0 Å². The summed E-state index contributed by atoms with van der Waals surface area (Å²) in [6, 6.07) is 8.26. The molecule has 0 spiro atoms. The van der Waals surface area contributed by atoms with Crippen LogP contribution in [0.25, 0.3) is 5.57 Å². The first-order chi connectivity index (χ1) is 6.69. The third-order valence-corrected chi connectivity index (χ3v) is 2.67. The van der Waals surface area contributed by atoms with Crippen molar-refractivity contribution in [3.8, 4) is 0 Å². The lowest BCUT2D eigenvalue weighted by molar-refractivity contribution is 0.469. The first-order valence-corrected chi connectivity index (χ1v) is 5.10. The zero-order chi connectivity index (χ0) is 10.6. The lowest BCUT2D eigenvalue weighted by atomic mass is 9.93. The number of aliphatic hydroxyl groups excluding tert-OH is 1. The summed E-state index contributed by atoms with van der Waals surface area (Å²) >= 11 is 0. The largest absolute Gasteiger partial charge is 0.515 e. The fourth-order valence-electron chi connectivity index (χ4n) is 1.45. The van der Waals surface area contributed by atoms with Gasteiger partial charge in [-0.05, 0) is 30.4 Å². The van der Waals surface area contributed by atoms with E-state index in [0.717, 1.165) is 17.6 Å². The molecule has 76 valence electrons. The van der Waals surface area contributed by atoms with Crippen LogP contribution in [-0.2, 0) is 0 Å². The maximum absolute atomic E-state index is 9.19. The minimum Gasteiger partial charge on any atom is -0.515 e. The average molecular weight is 190 g/mol. The third-order valence-electron chi connectivity index (χ3n) is 2.67. The monoisotopic (exact) mass is 190 g/mol. The molecule has 0 bridgehead atoms. The second-order valence-electron chi connectivity index (χ2n) is 3.76. The van der Waals surface area contributed by atoms with Gasteiger partial charge in [-0.2, -0.15) is 0 Å². The Morgan fingerprint density at radius 2 is 1.93 bits per heavy atom. The van der Waals surface area contributed by atoms with Crippen molar-refractivity contribution in [1.29, 1.82) is 0 Å². The van der Waals surface area contributed by atoms with Gasteiger partial charge in [0.15, 0.2) is 0 Å². The fourth-order valence-corrected chi connectivity index (χ4v) is 1.45. The second-order valence-corrected chi connectivity index (χ2v) is 3.76.